The van der Waals surface area contributed by atoms with Gasteiger partial charge in [0.2, 0.25) is 0 Å². The van der Waals surface area contributed by atoms with Crippen LogP contribution in [0.2, 0.25) is 0 Å². The predicted octanol–water partition coefficient (Wildman–Crippen LogP) is 1.55. The first-order valence-corrected chi connectivity index (χ1v) is 3.38. The lowest BCUT2D eigenvalue weighted by atomic mass is 10.4. The summed E-state index contributed by atoms with van der Waals surface area (Å²) in [6, 6.07) is 0. The zero-order chi connectivity index (χ0) is 7.40. The van der Waals surface area contributed by atoms with Gasteiger partial charge in [0.25, 0.3) is 0 Å². The molecule has 0 aliphatic rings. The first-order valence-electron chi connectivity index (χ1n) is 3.38. The lowest BCUT2D eigenvalue weighted by Crippen LogP contribution is -1.98. The first-order chi connectivity index (χ1) is 4.83. The molecule has 0 atom stereocenters. The quantitative estimate of drug-likeness (QED) is 0.626. The van der Waals surface area contributed by atoms with E-state index >= 15 is 0 Å². The SMILES string of the molecule is Cc1cnn(CCCF)c1. The molecule has 1 aromatic heterocycles. The third-order valence-corrected chi connectivity index (χ3v) is 1.28. The number of hydrogen-bond donors (Lipinski definition) is 0. The second-order valence-electron chi connectivity index (χ2n) is 2.32. The molecule has 0 aliphatic carbocycles. The summed E-state index contributed by atoms with van der Waals surface area (Å²) in [6.45, 7) is 2.39. The Balaban J connectivity index is 2.42. The van der Waals surface area contributed by atoms with Crippen molar-refractivity contribution in [2.45, 2.75) is 19.9 Å². The van der Waals surface area contributed by atoms with E-state index in [1.54, 1.807) is 10.9 Å². The molecule has 0 bridgehead atoms. The largest absolute Gasteiger partial charge is 0.272 e. The molecular formula is C7H11FN2. The summed E-state index contributed by atoms with van der Waals surface area (Å²) >= 11 is 0. The lowest BCUT2D eigenvalue weighted by molar-refractivity contribution is 0.434. The number of aryl methyl sites for hydroxylation is 2. The Morgan fingerprint density at radius 2 is 2.50 bits per heavy atom. The van der Waals surface area contributed by atoms with Crippen molar-refractivity contribution >= 4 is 0 Å². The van der Waals surface area contributed by atoms with Crippen molar-refractivity contribution in [2.75, 3.05) is 6.67 Å². The van der Waals surface area contributed by atoms with Gasteiger partial charge in [-0.25, -0.2) is 0 Å². The van der Waals surface area contributed by atoms with Gasteiger partial charge in [-0.1, -0.05) is 0 Å². The molecule has 0 fully saturated rings. The summed E-state index contributed by atoms with van der Waals surface area (Å²) < 4.78 is 13.4. The molecule has 56 valence electrons. The van der Waals surface area contributed by atoms with Crippen LogP contribution in [-0.4, -0.2) is 16.5 Å². The molecule has 0 saturated heterocycles. The molecule has 0 aromatic carbocycles. The maximum absolute atomic E-state index is 11.6. The molecule has 2 nitrogen and oxygen atoms in total. The molecule has 0 saturated carbocycles. The minimum atomic E-state index is -0.265. The smallest absolute Gasteiger partial charge is 0.0912 e. The fourth-order valence-corrected chi connectivity index (χ4v) is 0.811. The fraction of sp³-hybridized carbons (Fsp3) is 0.571. The van der Waals surface area contributed by atoms with Crippen molar-refractivity contribution in [3.8, 4) is 0 Å². The van der Waals surface area contributed by atoms with E-state index in [4.69, 9.17) is 0 Å². The highest BCUT2D eigenvalue weighted by Crippen LogP contribution is 1.95. The van der Waals surface area contributed by atoms with E-state index in [1.165, 1.54) is 0 Å². The summed E-state index contributed by atoms with van der Waals surface area (Å²) in [6.07, 6.45) is 4.25. The van der Waals surface area contributed by atoms with Gasteiger partial charge in [0, 0.05) is 12.7 Å². The van der Waals surface area contributed by atoms with Gasteiger partial charge in [0.05, 0.1) is 12.9 Å². The van der Waals surface area contributed by atoms with E-state index in [0.29, 0.717) is 13.0 Å². The molecule has 1 aromatic rings. The Labute approximate surface area is 59.7 Å². The van der Waals surface area contributed by atoms with Crippen molar-refractivity contribution in [2.24, 2.45) is 0 Å². The normalized spacial score (nSPS) is 10.2. The van der Waals surface area contributed by atoms with Crippen LogP contribution in [0.1, 0.15) is 12.0 Å². The van der Waals surface area contributed by atoms with Gasteiger partial charge in [0.1, 0.15) is 0 Å². The minimum Gasteiger partial charge on any atom is -0.272 e. The number of aromatic nitrogens is 2. The molecule has 0 N–H and O–H groups in total. The number of rotatable bonds is 3. The Hall–Kier alpha value is -0.860. The Kier molecular flexibility index (Phi) is 2.42. The van der Waals surface area contributed by atoms with E-state index in [-0.39, 0.29) is 6.67 Å². The van der Waals surface area contributed by atoms with Crippen LogP contribution in [0, 0.1) is 6.92 Å². The molecular weight excluding hydrogens is 131 g/mol. The average Bonchev–Trinajstić information content (AvgIpc) is 2.31. The highest BCUT2D eigenvalue weighted by molar-refractivity contribution is 4.99. The van der Waals surface area contributed by atoms with Crippen LogP contribution in [0.4, 0.5) is 4.39 Å². The first kappa shape index (κ1) is 7.25. The van der Waals surface area contributed by atoms with E-state index in [0.717, 1.165) is 5.56 Å². The molecule has 0 spiro atoms. The van der Waals surface area contributed by atoms with Crippen molar-refractivity contribution < 1.29 is 4.39 Å². The lowest BCUT2D eigenvalue weighted by Gasteiger charge is -1.95. The average molecular weight is 142 g/mol. The standard InChI is InChI=1S/C7H11FN2/c1-7-5-9-10(6-7)4-2-3-8/h5-6H,2-4H2,1H3. The van der Waals surface area contributed by atoms with Gasteiger partial charge in [-0.15, -0.1) is 0 Å². The van der Waals surface area contributed by atoms with E-state index in [9.17, 15) is 4.39 Å². The zero-order valence-electron chi connectivity index (χ0n) is 6.05. The van der Waals surface area contributed by atoms with Gasteiger partial charge in [0.15, 0.2) is 0 Å². The second-order valence-corrected chi connectivity index (χ2v) is 2.32. The van der Waals surface area contributed by atoms with Crippen molar-refractivity contribution in [3.05, 3.63) is 18.0 Å². The molecule has 1 rings (SSSR count). The van der Waals surface area contributed by atoms with Crippen LogP contribution >= 0.6 is 0 Å². The van der Waals surface area contributed by atoms with E-state index in [2.05, 4.69) is 5.10 Å². The summed E-state index contributed by atoms with van der Waals surface area (Å²) in [7, 11) is 0. The van der Waals surface area contributed by atoms with E-state index < -0.39 is 0 Å². The van der Waals surface area contributed by atoms with Crippen molar-refractivity contribution in [3.63, 3.8) is 0 Å². The zero-order valence-corrected chi connectivity index (χ0v) is 6.05. The van der Waals surface area contributed by atoms with Gasteiger partial charge in [-0.05, 0) is 18.9 Å². The third kappa shape index (κ3) is 1.83. The van der Waals surface area contributed by atoms with Crippen LogP contribution in [0.15, 0.2) is 12.4 Å². The monoisotopic (exact) mass is 142 g/mol. The van der Waals surface area contributed by atoms with Crippen LogP contribution in [0.25, 0.3) is 0 Å². The van der Waals surface area contributed by atoms with Gasteiger partial charge >= 0.3 is 0 Å². The fourth-order valence-electron chi connectivity index (χ4n) is 0.811. The number of nitrogens with zero attached hydrogens (tertiary/aromatic N) is 2. The number of alkyl halides is 1. The van der Waals surface area contributed by atoms with Gasteiger partial charge in [-0.3, -0.25) is 9.07 Å². The maximum atomic E-state index is 11.6. The summed E-state index contributed by atoms with van der Waals surface area (Å²) in [5.41, 5.74) is 1.12. The Morgan fingerprint density at radius 3 is 3.00 bits per heavy atom. The molecule has 0 aliphatic heterocycles. The number of hydrogen-bond acceptors (Lipinski definition) is 1. The highest BCUT2D eigenvalue weighted by atomic mass is 19.1. The van der Waals surface area contributed by atoms with Crippen molar-refractivity contribution in [1.82, 2.24) is 9.78 Å². The van der Waals surface area contributed by atoms with Crippen LogP contribution < -0.4 is 0 Å². The van der Waals surface area contributed by atoms with Gasteiger partial charge < -0.3 is 0 Å². The molecule has 0 radical (unpaired) electrons. The molecule has 10 heavy (non-hydrogen) atoms. The maximum Gasteiger partial charge on any atom is 0.0912 e. The molecule has 3 heteroatoms. The highest BCUT2D eigenvalue weighted by Gasteiger charge is 1.91. The number of halogens is 1. The van der Waals surface area contributed by atoms with Crippen molar-refractivity contribution in [1.29, 1.82) is 0 Å². The van der Waals surface area contributed by atoms with Crippen LogP contribution in [0.3, 0.4) is 0 Å². The third-order valence-electron chi connectivity index (χ3n) is 1.28. The Bertz CT molecular complexity index is 195. The predicted molar refractivity (Wildman–Crippen MR) is 37.6 cm³/mol. The summed E-state index contributed by atoms with van der Waals surface area (Å²) in [5, 5.41) is 4.00. The molecule has 0 unspecified atom stereocenters. The second kappa shape index (κ2) is 3.34. The topological polar surface area (TPSA) is 17.8 Å². The van der Waals surface area contributed by atoms with Gasteiger partial charge in [-0.2, -0.15) is 5.10 Å². The molecule has 0 amide bonds. The summed E-state index contributed by atoms with van der Waals surface area (Å²) in [4.78, 5) is 0. The molecule has 1 heterocycles. The van der Waals surface area contributed by atoms with Crippen LogP contribution in [-0.2, 0) is 6.54 Å². The van der Waals surface area contributed by atoms with Crippen LogP contribution in [0.5, 0.6) is 0 Å². The Morgan fingerprint density at radius 1 is 1.70 bits per heavy atom. The summed E-state index contributed by atoms with van der Waals surface area (Å²) in [5.74, 6) is 0. The van der Waals surface area contributed by atoms with E-state index in [1.807, 2.05) is 13.1 Å². The minimum absolute atomic E-state index is 0.265.